The van der Waals surface area contributed by atoms with Gasteiger partial charge in [0.1, 0.15) is 0 Å². The Bertz CT molecular complexity index is 269. The highest BCUT2D eigenvalue weighted by atomic mass is 28.3. The zero-order valence-electron chi connectivity index (χ0n) is 9.80. The summed E-state index contributed by atoms with van der Waals surface area (Å²) in [5.41, 5.74) is 4.55. The van der Waals surface area contributed by atoms with Crippen LogP contribution in [0.3, 0.4) is 0 Å². The number of carbonyl (C=O) groups is 2. The highest BCUT2D eigenvalue weighted by molar-refractivity contribution is 6.52. The van der Waals surface area contributed by atoms with Crippen LogP contribution in [0.4, 0.5) is 0 Å². The Morgan fingerprint density at radius 2 is 2.12 bits per heavy atom. The molecule has 0 aromatic heterocycles. The molecule has 1 atom stereocenters. The zero-order chi connectivity index (χ0) is 13.1. The van der Waals surface area contributed by atoms with E-state index in [2.05, 4.69) is 12.3 Å². The third kappa shape index (κ3) is 10.9. The minimum Gasteiger partial charge on any atom is -0.478 e. The lowest BCUT2D eigenvalue weighted by molar-refractivity contribution is -0.131. The number of amides is 1. The molecule has 1 saturated heterocycles. The molecule has 1 unspecified atom stereocenters. The van der Waals surface area contributed by atoms with Crippen LogP contribution in [0.25, 0.3) is 0 Å². The summed E-state index contributed by atoms with van der Waals surface area (Å²) in [6.45, 7) is 4.73. The molecule has 0 aliphatic carbocycles. The van der Waals surface area contributed by atoms with E-state index in [9.17, 15) is 9.59 Å². The Morgan fingerprint density at radius 1 is 1.41 bits per heavy atom. The number of hydrogen-bond acceptors (Lipinski definition) is 3. The van der Waals surface area contributed by atoms with Gasteiger partial charge in [-0.1, -0.05) is 12.5 Å². The predicted molar refractivity (Wildman–Crippen MR) is 68.1 cm³/mol. The van der Waals surface area contributed by atoms with E-state index in [1.165, 1.54) is 24.9 Å². The zero-order valence-corrected chi connectivity index (χ0v) is 11.0. The van der Waals surface area contributed by atoms with Gasteiger partial charge in [-0.05, 0) is 18.5 Å². The van der Waals surface area contributed by atoms with Crippen molar-refractivity contribution in [2.75, 3.05) is 6.61 Å². The first-order chi connectivity index (χ1) is 8.06. The van der Waals surface area contributed by atoms with Crippen LogP contribution in [0.5, 0.6) is 0 Å². The first-order valence-electron chi connectivity index (χ1n) is 5.49. The molecule has 0 aromatic rings. The number of allylic oxidation sites excluding steroid dienone is 1. The van der Waals surface area contributed by atoms with E-state index >= 15 is 0 Å². The Labute approximate surface area is 103 Å². The van der Waals surface area contributed by atoms with E-state index in [0.29, 0.717) is 6.08 Å². The number of nitrogens with two attached hydrogens (primary N) is 1. The molecule has 1 fully saturated rings. The minimum absolute atomic E-state index is 0.683. The molecule has 3 N–H and O–H groups in total. The van der Waals surface area contributed by atoms with Gasteiger partial charge in [-0.25, -0.2) is 4.79 Å². The molecule has 0 aromatic carbocycles. The molecule has 1 aliphatic heterocycles. The molecule has 1 amide bonds. The number of carboxylic acid groups (broad SMARTS) is 1. The van der Waals surface area contributed by atoms with E-state index in [1.54, 1.807) is 0 Å². The Balaban J connectivity index is 0.000000304. The van der Waals surface area contributed by atoms with E-state index in [0.717, 1.165) is 12.7 Å². The Hall–Kier alpha value is -1.40. The van der Waals surface area contributed by atoms with Crippen molar-refractivity contribution in [3.63, 3.8) is 0 Å². The third-order valence-corrected chi connectivity index (χ3v) is 4.71. The lowest BCUT2D eigenvalue weighted by Crippen LogP contribution is -2.21. The maximum Gasteiger partial charge on any atom is 0.328 e. The summed E-state index contributed by atoms with van der Waals surface area (Å²) in [5.74, 6) is -1.93. The number of carboxylic acids is 1. The van der Waals surface area contributed by atoms with Gasteiger partial charge in [-0.15, -0.1) is 6.58 Å². The smallest absolute Gasteiger partial charge is 0.328 e. The lowest BCUT2D eigenvalue weighted by Gasteiger charge is -2.19. The summed E-state index contributed by atoms with van der Waals surface area (Å²) >= 11 is 0. The topological polar surface area (TPSA) is 89.6 Å². The number of primary amides is 1. The molecule has 0 saturated carbocycles. The summed E-state index contributed by atoms with van der Waals surface area (Å²) in [6, 6.07) is 2.53. The number of hydrogen-bond donors (Lipinski definition) is 2. The average molecular weight is 257 g/mol. The molecule has 17 heavy (non-hydrogen) atoms. The van der Waals surface area contributed by atoms with Gasteiger partial charge in [0, 0.05) is 18.8 Å². The summed E-state index contributed by atoms with van der Waals surface area (Å²) in [5, 5.41) is 7.87. The van der Waals surface area contributed by atoms with Gasteiger partial charge >= 0.3 is 5.97 Å². The number of carbonyl (C=O) groups excluding carboxylic acids is 1. The quantitative estimate of drug-likeness (QED) is 0.443. The largest absolute Gasteiger partial charge is 0.478 e. The van der Waals surface area contributed by atoms with E-state index in [-0.39, 0.29) is 0 Å². The molecular weight excluding hydrogens is 238 g/mol. The van der Waals surface area contributed by atoms with Crippen molar-refractivity contribution < 1.29 is 19.1 Å². The average Bonchev–Trinajstić information content (AvgIpc) is 2.29. The fourth-order valence-corrected chi connectivity index (χ4v) is 3.49. The van der Waals surface area contributed by atoms with Crippen molar-refractivity contribution in [3.05, 3.63) is 24.8 Å². The van der Waals surface area contributed by atoms with Gasteiger partial charge in [0.05, 0.1) is 0 Å². The summed E-state index contributed by atoms with van der Waals surface area (Å²) in [7, 11) is -0.744. The molecule has 1 rings (SSSR count). The molecular formula is C11H19NO4Si. The maximum atomic E-state index is 9.78. The van der Waals surface area contributed by atoms with Crippen molar-refractivity contribution in [3.8, 4) is 0 Å². The molecule has 0 bridgehead atoms. The summed E-state index contributed by atoms with van der Waals surface area (Å²) in [4.78, 5) is 19.4. The van der Waals surface area contributed by atoms with Crippen molar-refractivity contribution in [2.45, 2.75) is 24.9 Å². The summed E-state index contributed by atoms with van der Waals surface area (Å²) in [6.07, 6.45) is 6.14. The predicted octanol–water partition coefficient (Wildman–Crippen LogP) is 0.819. The first-order valence-corrected chi connectivity index (χ1v) is 7.59. The Kier molecular flexibility index (Phi) is 8.99. The molecule has 0 spiro atoms. The highest BCUT2D eigenvalue weighted by Crippen LogP contribution is 2.13. The van der Waals surface area contributed by atoms with Crippen molar-refractivity contribution in [2.24, 2.45) is 5.73 Å². The second kappa shape index (κ2) is 9.80. The van der Waals surface area contributed by atoms with Crippen LogP contribution >= 0.6 is 0 Å². The molecule has 96 valence electrons. The first kappa shape index (κ1) is 15.6. The number of rotatable bonds is 4. The normalized spacial score (nSPS) is 19.2. The van der Waals surface area contributed by atoms with Crippen molar-refractivity contribution >= 4 is 20.9 Å². The van der Waals surface area contributed by atoms with Crippen LogP contribution < -0.4 is 5.73 Å². The van der Waals surface area contributed by atoms with Crippen LogP contribution in [0.1, 0.15) is 12.8 Å². The lowest BCUT2D eigenvalue weighted by atomic mass is 10.4. The molecule has 6 heteroatoms. The maximum absolute atomic E-state index is 9.78. The SMILES string of the molecule is C=CC[SiH]1CCCCO1.NC(=O)/C=C\C(=O)O. The second-order valence-electron chi connectivity index (χ2n) is 3.59. The van der Waals surface area contributed by atoms with Gasteiger partial charge < -0.3 is 15.3 Å². The fraction of sp³-hybridized carbons (Fsp3) is 0.455. The van der Waals surface area contributed by atoms with Crippen molar-refractivity contribution in [1.29, 1.82) is 0 Å². The highest BCUT2D eigenvalue weighted by Gasteiger charge is 2.13. The molecule has 1 heterocycles. The van der Waals surface area contributed by atoms with Gasteiger partial charge in [0.15, 0.2) is 9.04 Å². The van der Waals surface area contributed by atoms with Gasteiger partial charge in [-0.3, -0.25) is 4.79 Å². The van der Waals surface area contributed by atoms with E-state index in [4.69, 9.17) is 9.53 Å². The molecule has 0 radical (unpaired) electrons. The third-order valence-electron chi connectivity index (χ3n) is 2.09. The van der Waals surface area contributed by atoms with Crippen molar-refractivity contribution in [1.82, 2.24) is 0 Å². The minimum atomic E-state index is -1.18. The molecule has 5 nitrogen and oxygen atoms in total. The van der Waals surface area contributed by atoms with Gasteiger partial charge in [0.25, 0.3) is 0 Å². The Morgan fingerprint density at radius 3 is 2.47 bits per heavy atom. The van der Waals surface area contributed by atoms with E-state index in [1.807, 2.05) is 6.08 Å². The van der Waals surface area contributed by atoms with Gasteiger partial charge in [-0.2, -0.15) is 0 Å². The standard InChI is InChI=1S/C7H14OSi.C4H5NO3/c1-2-6-9-7-4-3-5-8-9;5-3(6)1-2-4(7)8/h2,9H,1,3-7H2;1-2H,(H2,5,6)(H,7,8)/b;2-1-. The monoisotopic (exact) mass is 257 g/mol. The van der Waals surface area contributed by atoms with Crippen LogP contribution in [-0.4, -0.2) is 32.6 Å². The van der Waals surface area contributed by atoms with Crippen LogP contribution in [0.2, 0.25) is 12.1 Å². The van der Waals surface area contributed by atoms with E-state index < -0.39 is 20.9 Å². The second-order valence-corrected chi connectivity index (χ2v) is 6.21. The van der Waals surface area contributed by atoms with Gasteiger partial charge in [0.2, 0.25) is 5.91 Å². The summed E-state index contributed by atoms with van der Waals surface area (Å²) < 4.78 is 5.59. The van der Waals surface area contributed by atoms with Crippen LogP contribution in [-0.2, 0) is 14.0 Å². The van der Waals surface area contributed by atoms with Crippen LogP contribution in [0.15, 0.2) is 24.8 Å². The molecule has 1 aliphatic rings. The number of aliphatic carboxylic acids is 1. The van der Waals surface area contributed by atoms with Crippen LogP contribution in [0, 0.1) is 0 Å². The fourth-order valence-electron chi connectivity index (χ4n) is 1.33.